The van der Waals surface area contributed by atoms with Crippen molar-refractivity contribution in [3.05, 3.63) is 76.9 Å². The lowest BCUT2D eigenvalue weighted by atomic mass is 9.98. The molecule has 0 fully saturated rings. The molecule has 1 heteroatoms. The number of fused-ring (bicyclic) bond motifs is 1. The van der Waals surface area contributed by atoms with E-state index in [1.165, 1.54) is 22.3 Å². The third kappa shape index (κ3) is 1.88. The van der Waals surface area contributed by atoms with E-state index in [1.54, 1.807) is 0 Å². The summed E-state index contributed by atoms with van der Waals surface area (Å²) in [4.78, 5) is 11.2. The fraction of sp³-hybridized carbons (Fsp3) is 0.118. The van der Waals surface area contributed by atoms with Crippen LogP contribution in [0.4, 0.5) is 0 Å². The fourth-order valence-corrected chi connectivity index (χ4v) is 2.58. The molecule has 1 aliphatic carbocycles. The summed E-state index contributed by atoms with van der Waals surface area (Å²) in [7, 11) is 0. The lowest BCUT2D eigenvalue weighted by Crippen LogP contribution is -1.92. The van der Waals surface area contributed by atoms with Gasteiger partial charge in [-0.3, -0.25) is 4.79 Å². The lowest BCUT2D eigenvalue weighted by molar-refractivity contribution is -0.104. The first-order valence-electron chi connectivity index (χ1n) is 6.18. The largest absolute Gasteiger partial charge is 0.298 e. The standard InChI is InChI=1S/C17H14O/c18-12-15-11-14-8-4-5-9-16(14)17(15)10-13-6-2-1-3-7-13/h1-9,12H,10-11H2. The van der Waals surface area contributed by atoms with Gasteiger partial charge in [-0.1, -0.05) is 54.6 Å². The van der Waals surface area contributed by atoms with Crippen LogP contribution in [0, 0.1) is 0 Å². The molecule has 0 spiro atoms. The Kier molecular flexibility index (Phi) is 2.81. The molecule has 0 atom stereocenters. The number of rotatable bonds is 3. The summed E-state index contributed by atoms with van der Waals surface area (Å²) >= 11 is 0. The molecule has 0 saturated carbocycles. The van der Waals surface area contributed by atoms with E-state index in [4.69, 9.17) is 0 Å². The van der Waals surface area contributed by atoms with E-state index in [2.05, 4.69) is 24.3 Å². The molecule has 88 valence electrons. The molecule has 3 rings (SSSR count). The maximum Gasteiger partial charge on any atom is 0.146 e. The van der Waals surface area contributed by atoms with Gasteiger partial charge in [0.05, 0.1) is 0 Å². The van der Waals surface area contributed by atoms with Crippen molar-refractivity contribution in [1.29, 1.82) is 0 Å². The van der Waals surface area contributed by atoms with Gasteiger partial charge in [0.2, 0.25) is 0 Å². The predicted molar refractivity (Wildman–Crippen MR) is 73.3 cm³/mol. The summed E-state index contributed by atoms with van der Waals surface area (Å²) < 4.78 is 0. The Morgan fingerprint density at radius 3 is 2.44 bits per heavy atom. The zero-order valence-electron chi connectivity index (χ0n) is 10.1. The number of hydrogen-bond donors (Lipinski definition) is 0. The van der Waals surface area contributed by atoms with Crippen LogP contribution in [-0.4, -0.2) is 6.29 Å². The van der Waals surface area contributed by atoms with E-state index in [-0.39, 0.29) is 0 Å². The van der Waals surface area contributed by atoms with Crippen molar-refractivity contribution in [2.24, 2.45) is 0 Å². The van der Waals surface area contributed by atoms with Gasteiger partial charge in [0.15, 0.2) is 0 Å². The maximum atomic E-state index is 11.2. The van der Waals surface area contributed by atoms with Gasteiger partial charge < -0.3 is 0 Å². The molecule has 0 bridgehead atoms. The molecule has 0 heterocycles. The molecule has 0 N–H and O–H groups in total. The van der Waals surface area contributed by atoms with E-state index >= 15 is 0 Å². The smallest absolute Gasteiger partial charge is 0.146 e. The van der Waals surface area contributed by atoms with E-state index in [1.807, 2.05) is 30.3 Å². The second-order valence-corrected chi connectivity index (χ2v) is 4.62. The van der Waals surface area contributed by atoms with Crippen molar-refractivity contribution >= 4 is 11.9 Å². The first-order valence-corrected chi connectivity index (χ1v) is 6.18. The molecule has 18 heavy (non-hydrogen) atoms. The quantitative estimate of drug-likeness (QED) is 0.743. The van der Waals surface area contributed by atoms with Gasteiger partial charge in [-0.15, -0.1) is 0 Å². The number of carbonyl (C=O) groups is 1. The van der Waals surface area contributed by atoms with E-state index in [9.17, 15) is 4.79 Å². The molecule has 0 unspecified atom stereocenters. The summed E-state index contributed by atoms with van der Waals surface area (Å²) in [6, 6.07) is 18.6. The van der Waals surface area contributed by atoms with Crippen molar-refractivity contribution < 1.29 is 4.79 Å². The Balaban J connectivity index is 2.01. The van der Waals surface area contributed by atoms with Crippen molar-refractivity contribution in [2.75, 3.05) is 0 Å². The third-order valence-corrected chi connectivity index (χ3v) is 3.48. The van der Waals surface area contributed by atoms with E-state index in [0.29, 0.717) is 0 Å². The number of benzene rings is 2. The number of aldehydes is 1. The van der Waals surface area contributed by atoms with Gasteiger partial charge in [-0.05, 0) is 28.7 Å². The van der Waals surface area contributed by atoms with Crippen molar-refractivity contribution in [1.82, 2.24) is 0 Å². The van der Waals surface area contributed by atoms with Crippen LogP contribution in [0.1, 0.15) is 16.7 Å². The van der Waals surface area contributed by atoms with Gasteiger partial charge in [0.1, 0.15) is 6.29 Å². The maximum absolute atomic E-state index is 11.2. The van der Waals surface area contributed by atoms with Gasteiger partial charge in [-0.2, -0.15) is 0 Å². The Morgan fingerprint density at radius 2 is 1.67 bits per heavy atom. The van der Waals surface area contributed by atoms with Crippen molar-refractivity contribution in [3.63, 3.8) is 0 Å². The summed E-state index contributed by atoms with van der Waals surface area (Å²) in [5.74, 6) is 0. The minimum Gasteiger partial charge on any atom is -0.298 e. The Hall–Kier alpha value is -2.15. The van der Waals surface area contributed by atoms with Gasteiger partial charge in [-0.25, -0.2) is 0 Å². The number of hydrogen-bond acceptors (Lipinski definition) is 1. The van der Waals surface area contributed by atoms with Crippen LogP contribution < -0.4 is 0 Å². The van der Waals surface area contributed by atoms with Crippen molar-refractivity contribution in [3.8, 4) is 0 Å². The fourth-order valence-electron chi connectivity index (χ4n) is 2.58. The molecular weight excluding hydrogens is 220 g/mol. The molecule has 0 amide bonds. The highest BCUT2D eigenvalue weighted by atomic mass is 16.1. The lowest BCUT2D eigenvalue weighted by Gasteiger charge is -2.06. The average molecular weight is 234 g/mol. The highest BCUT2D eigenvalue weighted by Gasteiger charge is 2.20. The average Bonchev–Trinajstić information content (AvgIpc) is 2.78. The monoisotopic (exact) mass is 234 g/mol. The Bertz CT molecular complexity index is 609. The molecular formula is C17H14O. The first kappa shape index (κ1) is 11.0. The summed E-state index contributed by atoms with van der Waals surface area (Å²) in [6.07, 6.45) is 2.63. The second-order valence-electron chi connectivity index (χ2n) is 4.62. The minimum absolute atomic E-state index is 0.780. The molecule has 0 saturated heterocycles. The molecule has 2 aromatic rings. The summed E-state index contributed by atoms with van der Waals surface area (Å²) in [6.45, 7) is 0. The molecule has 0 radical (unpaired) electrons. The second kappa shape index (κ2) is 4.61. The van der Waals surface area contributed by atoms with Crippen LogP contribution >= 0.6 is 0 Å². The predicted octanol–water partition coefficient (Wildman–Crippen LogP) is 3.44. The summed E-state index contributed by atoms with van der Waals surface area (Å²) in [5, 5.41) is 0. The third-order valence-electron chi connectivity index (χ3n) is 3.48. The highest BCUT2D eigenvalue weighted by Crippen LogP contribution is 2.33. The van der Waals surface area contributed by atoms with Gasteiger partial charge in [0, 0.05) is 12.0 Å². The van der Waals surface area contributed by atoms with E-state index < -0.39 is 0 Å². The topological polar surface area (TPSA) is 17.1 Å². The van der Waals surface area contributed by atoms with Gasteiger partial charge in [0.25, 0.3) is 0 Å². The first-order chi connectivity index (χ1) is 8.88. The SMILES string of the molecule is O=CC1=C(Cc2ccccc2)c2ccccc2C1. The zero-order valence-corrected chi connectivity index (χ0v) is 10.1. The molecule has 1 nitrogen and oxygen atoms in total. The normalized spacial score (nSPS) is 13.6. The highest BCUT2D eigenvalue weighted by molar-refractivity contribution is 5.93. The van der Waals surface area contributed by atoms with Crippen LogP contribution in [0.5, 0.6) is 0 Å². The summed E-state index contributed by atoms with van der Waals surface area (Å²) in [5.41, 5.74) is 5.88. The number of allylic oxidation sites excluding steroid dienone is 2. The van der Waals surface area contributed by atoms with Crippen LogP contribution in [0.25, 0.3) is 5.57 Å². The molecule has 0 aliphatic heterocycles. The zero-order chi connectivity index (χ0) is 12.4. The van der Waals surface area contributed by atoms with E-state index in [0.717, 1.165) is 24.7 Å². The van der Waals surface area contributed by atoms with Crippen LogP contribution in [0.2, 0.25) is 0 Å². The molecule has 1 aliphatic rings. The van der Waals surface area contributed by atoms with Crippen LogP contribution in [0.3, 0.4) is 0 Å². The number of carbonyl (C=O) groups excluding carboxylic acids is 1. The Labute approximate surface area is 107 Å². The molecule has 0 aromatic heterocycles. The van der Waals surface area contributed by atoms with Crippen molar-refractivity contribution in [2.45, 2.75) is 12.8 Å². The van der Waals surface area contributed by atoms with Gasteiger partial charge >= 0.3 is 0 Å². The van der Waals surface area contributed by atoms with Crippen LogP contribution in [0.15, 0.2) is 60.2 Å². The minimum atomic E-state index is 0.780. The Morgan fingerprint density at radius 1 is 0.944 bits per heavy atom. The van der Waals surface area contributed by atoms with Crippen LogP contribution in [-0.2, 0) is 17.6 Å². The molecule has 2 aromatic carbocycles.